The second kappa shape index (κ2) is 6.06. The van der Waals surface area contributed by atoms with Crippen molar-refractivity contribution in [2.75, 3.05) is 18.9 Å². The molecule has 104 valence electrons. The van der Waals surface area contributed by atoms with Gasteiger partial charge in [0.1, 0.15) is 0 Å². The number of nitrogens with two attached hydrogens (primary N) is 1. The molecule has 1 heterocycles. The van der Waals surface area contributed by atoms with Crippen LogP contribution in [0.3, 0.4) is 0 Å². The van der Waals surface area contributed by atoms with Crippen molar-refractivity contribution in [1.29, 1.82) is 0 Å². The molecule has 4 heteroatoms. The van der Waals surface area contributed by atoms with E-state index in [-0.39, 0.29) is 18.6 Å². The van der Waals surface area contributed by atoms with Gasteiger partial charge in [-0.2, -0.15) is 0 Å². The molecule has 0 spiro atoms. The second-order valence-corrected chi connectivity index (χ2v) is 5.26. The first-order chi connectivity index (χ1) is 9.13. The van der Waals surface area contributed by atoms with Crippen molar-refractivity contribution >= 4 is 11.6 Å². The fourth-order valence-electron chi connectivity index (χ4n) is 2.72. The zero-order chi connectivity index (χ0) is 13.8. The summed E-state index contributed by atoms with van der Waals surface area (Å²) >= 11 is 0. The average molecular weight is 262 g/mol. The minimum Gasteiger partial charge on any atom is -0.399 e. The first-order valence-corrected chi connectivity index (χ1v) is 6.91. The van der Waals surface area contributed by atoms with E-state index in [1.54, 1.807) is 12.1 Å². The lowest BCUT2D eigenvalue weighted by atomic mass is 10.0. The van der Waals surface area contributed by atoms with Crippen LogP contribution in [0.5, 0.6) is 0 Å². The van der Waals surface area contributed by atoms with Gasteiger partial charge in [-0.25, -0.2) is 0 Å². The summed E-state index contributed by atoms with van der Waals surface area (Å²) in [6, 6.07) is 5.31. The number of nitrogens with zero attached hydrogens (tertiary/aromatic N) is 1. The number of hydrogen-bond acceptors (Lipinski definition) is 3. The lowest BCUT2D eigenvalue weighted by Crippen LogP contribution is -2.42. The lowest BCUT2D eigenvalue weighted by Gasteiger charge is -2.29. The molecule has 0 aromatic heterocycles. The van der Waals surface area contributed by atoms with Gasteiger partial charge in [-0.1, -0.05) is 12.8 Å². The van der Waals surface area contributed by atoms with Crippen LogP contribution in [-0.4, -0.2) is 35.1 Å². The van der Waals surface area contributed by atoms with Gasteiger partial charge in [-0.05, 0) is 43.5 Å². The van der Waals surface area contributed by atoms with Crippen molar-refractivity contribution in [1.82, 2.24) is 4.90 Å². The molecule has 1 unspecified atom stereocenters. The number of rotatable bonds is 2. The summed E-state index contributed by atoms with van der Waals surface area (Å²) in [6.45, 7) is 2.67. The Morgan fingerprint density at radius 3 is 2.89 bits per heavy atom. The van der Waals surface area contributed by atoms with E-state index in [2.05, 4.69) is 0 Å². The number of aliphatic hydroxyl groups is 1. The van der Waals surface area contributed by atoms with E-state index in [9.17, 15) is 9.90 Å². The molecule has 0 aliphatic carbocycles. The Labute approximate surface area is 114 Å². The molecule has 1 amide bonds. The molecular formula is C15H22N2O2. The minimum absolute atomic E-state index is 0.0125. The van der Waals surface area contributed by atoms with Gasteiger partial charge in [0.15, 0.2) is 0 Å². The van der Waals surface area contributed by atoms with Crippen molar-refractivity contribution in [3.63, 3.8) is 0 Å². The van der Waals surface area contributed by atoms with Crippen LogP contribution >= 0.6 is 0 Å². The maximum absolute atomic E-state index is 12.6. The van der Waals surface area contributed by atoms with Gasteiger partial charge in [-0.15, -0.1) is 0 Å². The van der Waals surface area contributed by atoms with Gasteiger partial charge in [-0.3, -0.25) is 4.79 Å². The first kappa shape index (κ1) is 13.9. The summed E-state index contributed by atoms with van der Waals surface area (Å²) in [5.74, 6) is 0.0125. The number of anilines is 1. The summed E-state index contributed by atoms with van der Waals surface area (Å²) in [5.41, 5.74) is 7.97. The van der Waals surface area contributed by atoms with Gasteiger partial charge in [0, 0.05) is 17.8 Å². The van der Waals surface area contributed by atoms with Crippen molar-refractivity contribution in [3.05, 3.63) is 29.3 Å². The van der Waals surface area contributed by atoms with E-state index in [1.807, 2.05) is 17.9 Å². The molecule has 1 aromatic rings. The third kappa shape index (κ3) is 3.07. The average Bonchev–Trinajstić information content (AvgIpc) is 2.63. The van der Waals surface area contributed by atoms with Crippen LogP contribution in [-0.2, 0) is 0 Å². The molecule has 1 saturated heterocycles. The predicted octanol–water partition coefficient (Wildman–Crippen LogP) is 1.95. The molecular weight excluding hydrogens is 240 g/mol. The van der Waals surface area contributed by atoms with Crippen molar-refractivity contribution < 1.29 is 9.90 Å². The third-order valence-electron chi connectivity index (χ3n) is 3.83. The van der Waals surface area contributed by atoms with Crippen LogP contribution in [0.2, 0.25) is 0 Å². The summed E-state index contributed by atoms with van der Waals surface area (Å²) in [5, 5.41) is 9.48. The molecule has 2 rings (SSSR count). The highest BCUT2D eigenvalue weighted by Crippen LogP contribution is 2.21. The number of nitrogen functional groups attached to an aromatic ring is 1. The Balaban J connectivity index is 2.25. The molecule has 1 aromatic carbocycles. The summed E-state index contributed by atoms with van der Waals surface area (Å²) in [7, 11) is 0. The van der Waals surface area contributed by atoms with Gasteiger partial charge in [0.2, 0.25) is 0 Å². The van der Waals surface area contributed by atoms with Gasteiger partial charge in [0.25, 0.3) is 5.91 Å². The Morgan fingerprint density at radius 1 is 1.42 bits per heavy atom. The Kier molecular flexibility index (Phi) is 4.43. The number of carbonyl (C=O) groups excluding carboxylic acids is 1. The fraction of sp³-hybridized carbons (Fsp3) is 0.533. The molecule has 0 saturated carbocycles. The maximum atomic E-state index is 12.6. The second-order valence-electron chi connectivity index (χ2n) is 5.26. The Hall–Kier alpha value is -1.55. The highest BCUT2D eigenvalue weighted by Gasteiger charge is 2.26. The topological polar surface area (TPSA) is 66.6 Å². The van der Waals surface area contributed by atoms with Gasteiger partial charge >= 0.3 is 0 Å². The summed E-state index contributed by atoms with van der Waals surface area (Å²) in [4.78, 5) is 14.5. The van der Waals surface area contributed by atoms with Crippen molar-refractivity contribution in [2.24, 2.45) is 0 Å². The molecule has 0 bridgehead atoms. The molecule has 3 N–H and O–H groups in total. The van der Waals surface area contributed by atoms with E-state index in [0.717, 1.165) is 37.8 Å². The zero-order valence-electron chi connectivity index (χ0n) is 11.4. The number of carbonyl (C=O) groups is 1. The lowest BCUT2D eigenvalue weighted by molar-refractivity contribution is 0.0599. The number of hydrogen-bond donors (Lipinski definition) is 2. The van der Waals surface area contributed by atoms with Gasteiger partial charge < -0.3 is 15.7 Å². The van der Waals surface area contributed by atoms with Crippen LogP contribution in [0.25, 0.3) is 0 Å². The van der Waals surface area contributed by atoms with E-state index < -0.39 is 0 Å². The first-order valence-electron chi connectivity index (χ1n) is 6.91. The number of benzene rings is 1. The van der Waals surface area contributed by atoms with E-state index in [4.69, 9.17) is 5.73 Å². The predicted molar refractivity (Wildman–Crippen MR) is 76.0 cm³/mol. The van der Waals surface area contributed by atoms with Crippen LogP contribution in [0.1, 0.15) is 41.6 Å². The fourth-order valence-corrected chi connectivity index (χ4v) is 2.72. The zero-order valence-corrected chi connectivity index (χ0v) is 11.4. The monoisotopic (exact) mass is 262 g/mol. The molecule has 1 atom stereocenters. The molecule has 4 nitrogen and oxygen atoms in total. The number of aryl methyl sites for hydroxylation is 1. The van der Waals surface area contributed by atoms with Crippen LogP contribution in [0.15, 0.2) is 18.2 Å². The smallest absolute Gasteiger partial charge is 0.254 e. The quantitative estimate of drug-likeness (QED) is 0.801. The Morgan fingerprint density at radius 2 is 2.21 bits per heavy atom. The number of amides is 1. The van der Waals surface area contributed by atoms with E-state index >= 15 is 0 Å². The standard InChI is InChI=1S/C15H22N2O2/c1-11-9-12(16)6-7-14(11)15(19)17-8-4-2-3-5-13(17)10-18/h6-7,9,13,18H,2-5,8,10,16H2,1H3. The molecule has 1 fully saturated rings. The van der Waals surface area contributed by atoms with Crippen molar-refractivity contribution in [3.8, 4) is 0 Å². The molecule has 0 radical (unpaired) electrons. The number of likely N-dealkylation sites (tertiary alicyclic amines) is 1. The SMILES string of the molecule is Cc1cc(N)ccc1C(=O)N1CCCCCC1CO. The molecule has 1 aliphatic heterocycles. The minimum atomic E-state index is -0.0491. The van der Waals surface area contributed by atoms with Crippen LogP contribution in [0.4, 0.5) is 5.69 Å². The normalized spacial score (nSPS) is 20.1. The van der Waals surface area contributed by atoms with Gasteiger partial charge in [0.05, 0.1) is 12.6 Å². The third-order valence-corrected chi connectivity index (χ3v) is 3.83. The highest BCUT2D eigenvalue weighted by molar-refractivity contribution is 5.96. The summed E-state index contributed by atoms with van der Waals surface area (Å²) < 4.78 is 0. The van der Waals surface area contributed by atoms with Crippen LogP contribution < -0.4 is 5.73 Å². The van der Waals surface area contributed by atoms with Crippen LogP contribution in [0, 0.1) is 6.92 Å². The largest absolute Gasteiger partial charge is 0.399 e. The maximum Gasteiger partial charge on any atom is 0.254 e. The highest BCUT2D eigenvalue weighted by atomic mass is 16.3. The molecule has 1 aliphatic rings. The van der Waals surface area contributed by atoms with E-state index in [1.165, 1.54) is 0 Å². The Bertz CT molecular complexity index is 459. The van der Waals surface area contributed by atoms with E-state index in [0.29, 0.717) is 11.3 Å². The number of aliphatic hydroxyl groups excluding tert-OH is 1. The summed E-state index contributed by atoms with van der Waals surface area (Å²) in [6.07, 6.45) is 4.10. The van der Waals surface area contributed by atoms with Crippen molar-refractivity contribution in [2.45, 2.75) is 38.6 Å². The molecule has 19 heavy (non-hydrogen) atoms.